The average molecular weight is 395 g/mol. The van der Waals surface area contributed by atoms with Gasteiger partial charge in [0.2, 0.25) is 0 Å². The van der Waals surface area contributed by atoms with E-state index in [-0.39, 0.29) is 24.7 Å². The van der Waals surface area contributed by atoms with E-state index in [0.717, 1.165) is 24.1 Å². The normalized spacial score (nSPS) is 25.0. The van der Waals surface area contributed by atoms with Gasteiger partial charge in [-0.25, -0.2) is 9.59 Å². The van der Waals surface area contributed by atoms with Crippen molar-refractivity contribution in [2.75, 3.05) is 19.7 Å². The average Bonchev–Trinajstić information content (AvgIpc) is 3.20. The summed E-state index contributed by atoms with van der Waals surface area (Å²) in [5, 5.41) is 20.4. The summed E-state index contributed by atoms with van der Waals surface area (Å²) in [4.78, 5) is 27.0. The molecule has 0 aromatic carbocycles. The summed E-state index contributed by atoms with van der Waals surface area (Å²) in [6, 6.07) is -0.125. The lowest BCUT2D eigenvalue weighted by atomic mass is 9.85. The minimum absolute atomic E-state index is 0.00255. The molecular formula is C21H33NO6. The molecule has 2 N–H and O–H groups in total. The predicted molar refractivity (Wildman–Crippen MR) is 104 cm³/mol. The second kappa shape index (κ2) is 8.76. The van der Waals surface area contributed by atoms with Crippen molar-refractivity contribution in [3.63, 3.8) is 0 Å². The Labute approximate surface area is 167 Å². The van der Waals surface area contributed by atoms with E-state index in [1.54, 1.807) is 20.8 Å². The quantitative estimate of drug-likeness (QED) is 0.384. The van der Waals surface area contributed by atoms with Gasteiger partial charge in [-0.2, -0.15) is 0 Å². The summed E-state index contributed by atoms with van der Waals surface area (Å²) < 4.78 is 11.1. The Kier molecular flexibility index (Phi) is 7.07. The molecule has 0 amide bonds. The van der Waals surface area contributed by atoms with E-state index in [0.29, 0.717) is 12.1 Å². The molecule has 1 saturated heterocycles. The molecule has 4 atom stereocenters. The third-order valence-electron chi connectivity index (χ3n) is 5.94. The topological polar surface area (TPSA) is 96.3 Å². The van der Waals surface area contributed by atoms with Crippen LogP contribution in [0.5, 0.6) is 0 Å². The number of hydrogen-bond acceptors (Lipinski definition) is 7. The Bertz CT molecular complexity index is 666. The van der Waals surface area contributed by atoms with Gasteiger partial charge in [-0.15, -0.1) is 0 Å². The summed E-state index contributed by atoms with van der Waals surface area (Å²) in [6.45, 7) is 11.7. The van der Waals surface area contributed by atoms with Crippen molar-refractivity contribution >= 4 is 11.9 Å². The number of esters is 2. The Morgan fingerprint density at radius 1 is 1.29 bits per heavy atom. The maximum atomic E-state index is 12.5. The van der Waals surface area contributed by atoms with Gasteiger partial charge in [0.15, 0.2) is 5.60 Å². The van der Waals surface area contributed by atoms with Gasteiger partial charge in [-0.1, -0.05) is 25.5 Å². The van der Waals surface area contributed by atoms with Crippen LogP contribution in [0.3, 0.4) is 0 Å². The van der Waals surface area contributed by atoms with Crippen LogP contribution < -0.4 is 0 Å². The summed E-state index contributed by atoms with van der Waals surface area (Å²) in [5.74, 6) is -1.66. The number of aliphatic hydroxyl groups is 2. The Hall–Kier alpha value is -1.70. The number of fused-ring (bicyclic) bond motifs is 1. The Morgan fingerprint density at radius 2 is 1.93 bits per heavy atom. The maximum Gasteiger partial charge on any atom is 0.341 e. The minimum Gasteiger partial charge on any atom is -0.459 e. The van der Waals surface area contributed by atoms with E-state index >= 15 is 0 Å². The number of allylic oxidation sites excluding steroid dienone is 1. The SMILES string of the molecule is CC(C)=C(C)C(=O)O[C@@H]1CCN2CC=C(COC(=O)[C@@](O)(C(C)C)[C@H](C)O)[C@H]12. The van der Waals surface area contributed by atoms with Crippen LogP contribution in [0.1, 0.15) is 48.0 Å². The third-order valence-corrected chi connectivity index (χ3v) is 5.94. The fraction of sp³-hybridized carbons (Fsp3) is 0.714. The summed E-state index contributed by atoms with van der Waals surface area (Å²) >= 11 is 0. The number of carbonyl (C=O) groups excluding carboxylic acids is 2. The first-order valence-corrected chi connectivity index (χ1v) is 9.85. The van der Waals surface area contributed by atoms with Crippen molar-refractivity contribution < 1.29 is 29.3 Å². The zero-order valence-corrected chi connectivity index (χ0v) is 17.7. The number of carbonyl (C=O) groups is 2. The zero-order chi connectivity index (χ0) is 21.2. The predicted octanol–water partition coefficient (Wildman–Crippen LogP) is 1.58. The molecular weight excluding hydrogens is 362 g/mol. The number of rotatable bonds is 7. The molecule has 0 saturated carbocycles. The summed E-state index contributed by atoms with van der Waals surface area (Å²) in [6.07, 6.45) is 1.15. The van der Waals surface area contributed by atoms with Crippen molar-refractivity contribution in [1.82, 2.24) is 4.90 Å². The standard InChI is InChI=1S/C21H33NO6/c1-12(2)14(5)19(24)28-17-8-10-22-9-7-16(18(17)22)11-27-20(25)21(26,13(3)4)15(6)23/h7,13,15,17-18,23,26H,8-11H2,1-6H3/t15-,17+,18+,21+/m0/s1. The van der Waals surface area contributed by atoms with Crippen LogP contribution >= 0.6 is 0 Å². The number of aliphatic hydroxyl groups excluding tert-OH is 1. The molecule has 0 spiro atoms. The largest absolute Gasteiger partial charge is 0.459 e. The molecule has 2 aliphatic heterocycles. The first kappa shape index (κ1) is 22.6. The van der Waals surface area contributed by atoms with Crippen molar-refractivity contribution in [3.05, 3.63) is 22.8 Å². The highest BCUT2D eigenvalue weighted by Gasteiger charge is 2.47. The van der Waals surface area contributed by atoms with Gasteiger partial charge in [-0.05, 0) is 45.6 Å². The fourth-order valence-electron chi connectivity index (χ4n) is 3.71. The lowest BCUT2D eigenvalue weighted by Gasteiger charge is -2.32. The smallest absolute Gasteiger partial charge is 0.341 e. The van der Waals surface area contributed by atoms with Gasteiger partial charge < -0.3 is 19.7 Å². The number of ether oxygens (including phenoxy) is 2. The molecule has 7 heteroatoms. The highest BCUT2D eigenvalue weighted by atomic mass is 16.6. The van der Waals surface area contributed by atoms with Gasteiger partial charge in [0.05, 0.1) is 12.1 Å². The number of hydrogen-bond donors (Lipinski definition) is 2. The van der Waals surface area contributed by atoms with E-state index in [1.165, 1.54) is 6.92 Å². The van der Waals surface area contributed by atoms with Crippen LogP contribution in [0.2, 0.25) is 0 Å². The molecule has 0 bridgehead atoms. The lowest BCUT2D eigenvalue weighted by molar-refractivity contribution is -0.183. The molecule has 2 rings (SSSR count). The van der Waals surface area contributed by atoms with E-state index in [9.17, 15) is 19.8 Å². The van der Waals surface area contributed by atoms with Gasteiger partial charge in [0.1, 0.15) is 12.7 Å². The third kappa shape index (κ3) is 4.31. The van der Waals surface area contributed by atoms with E-state index in [4.69, 9.17) is 9.47 Å². The van der Waals surface area contributed by atoms with E-state index in [1.807, 2.05) is 19.9 Å². The molecule has 2 aliphatic rings. The molecule has 0 aliphatic carbocycles. The highest BCUT2D eigenvalue weighted by molar-refractivity contribution is 5.88. The van der Waals surface area contributed by atoms with E-state index in [2.05, 4.69) is 4.90 Å². The molecule has 2 heterocycles. The van der Waals surface area contributed by atoms with Crippen LogP contribution in [0.25, 0.3) is 0 Å². The van der Waals surface area contributed by atoms with Crippen molar-refractivity contribution in [3.8, 4) is 0 Å². The Morgan fingerprint density at radius 3 is 2.46 bits per heavy atom. The molecule has 1 fully saturated rings. The Balaban J connectivity index is 2.04. The van der Waals surface area contributed by atoms with Crippen LogP contribution in [0.15, 0.2) is 22.8 Å². The summed E-state index contributed by atoms with van der Waals surface area (Å²) in [7, 11) is 0. The second-order valence-corrected chi connectivity index (χ2v) is 8.31. The first-order valence-electron chi connectivity index (χ1n) is 9.85. The van der Waals surface area contributed by atoms with Gasteiger partial charge in [-0.3, -0.25) is 4.90 Å². The number of nitrogens with zero attached hydrogens (tertiary/aromatic N) is 1. The van der Waals surface area contributed by atoms with E-state index < -0.39 is 23.6 Å². The van der Waals surface area contributed by atoms with Gasteiger partial charge >= 0.3 is 11.9 Å². The first-order chi connectivity index (χ1) is 13.0. The van der Waals surface area contributed by atoms with Crippen molar-refractivity contribution in [2.24, 2.45) is 5.92 Å². The second-order valence-electron chi connectivity index (χ2n) is 8.31. The summed E-state index contributed by atoms with van der Waals surface area (Å²) in [5.41, 5.74) is 0.422. The molecule has 0 radical (unpaired) electrons. The molecule has 7 nitrogen and oxygen atoms in total. The maximum absolute atomic E-state index is 12.5. The van der Waals surface area contributed by atoms with Gasteiger partial charge in [0, 0.05) is 18.7 Å². The van der Waals surface area contributed by atoms with Crippen LogP contribution in [0.4, 0.5) is 0 Å². The van der Waals surface area contributed by atoms with Crippen LogP contribution in [0, 0.1) is 5.92 Å². The van der Waals surface area contributed by atoms with Crippen molar-refractivity contribution in [2.45, 2.75) is 71.8 Å². The molecule has 28 heavy (non-hydrogen) atoms. The fourth-order valence-corrected chi connectivity index (χ4v) is 3.71. The van der Waals surface area contributed by atoms with Crippen LogP contribution in [-0.2, 0) is 19.1 Å². The molecule has 0 unspecified atom stereocenters. The molecule has 0 aromatic heterocycles. The minimum atomic E-state index is -1.96. The molecule has 158 valence electrons. The lowest BCUT2D eigenvalue weighted by Crippen LogP contribution is -2.53. The monoisotopic (exact) mass is 395 g/mol. The van der Waals surface area contributed by atoms with Crippen LogP contribution in [-0.4, -0.2) is 70.6 Å². The zero-order valence-electron chi connectivity index (χ0n) is 17.7. The highest BCUT2D eigenvalue weighted by Crippen LogP contribution is 2.32. The molecule has 0 aromatic rings. The van der Waals surface area contributed by atoms with Gasteiger partial charge in [0.25, 0.3) is 0 Å². The van der Waals surface area contributed by atoms with Crippen molar-refractivity contribution in [1.29, 1.82) is 0 Å².